The molecule has 0 aromatic heterocycles. The zero-order valence-corrected chi connectivity index (χ0v) is 7.82. The van der Waals surface area contributed by atoms with Gasteiger partial charge < -0.3 is 13.3 Å². The van der Waals surface area contributed by atoms with Crippen LogP contribution in [0.4, 0.5) is 0 Å². The van der Waals surface area contributed by atoms with E-state index in [4.69, 9.17) is 0 Å². The molecule has 1 radical (unpaired) electrons. The molecule has 7 heavy (non-hydrogen) atoms. The van der Waals surface area contributed by atoms with Gasteiger partial charge in [-0.25, -0.2) is 0 Å². The maximum atomic E-state index is 3.70. The van der Waals surface area contributed by atoms with Crippen molar-refractivity contribution >= 4 is 0 Å². The second-order valence-corrected chi connectivity index (χ2v) is 1.40. The first-order valence-electron chi connectivity index (χ1n) is 2.49. The van der Waals surface area contributed by atoms with Crippen molar-refractivity contribution < 1.29 is 32.7 Å². The largest absolute Gasteiger partial charge is 0.343 e. The Kier molecular flexibility index (Phi) is 15.9. The maximum Gasteiger partial charge on any atom is 0 e. The van der Waals surface area contributed by atoms with Crippen LogP contribution in [-0.2, 0) is 32.7 Å². The first-order chi connectivity index (χ1) is 2.91. The van der Waals surface area contributed by atoms with Gasteiger partial charge >= 0.3 is 0 Å². The molecule has 1 heteroatoms. The molecule has 0 rings (SSSR count). The molecule has 0 saturated heterocycles. The summed E-state index contributed by atoms with van der Waals surface area (Å²) in [6.07, 6.45) is 5.72. The topological polar surface area (TPSA) is 0 Å². The Morgan fingerprint density at radius 1 is 1.57 bits per heavy atom. The first kappa shape index (κ1) is 11.0. The Bertz CT molecular complexity index is 16.1. The van der Waals surface area contributed by atoms with Gasteiger partial charge in [-0.15, -0.1) is 6.42 Å². The van der Waals surface area contributed by atoms with Crippen LogP contribution in [0.1, 0.15) is 26.2 Å². The Hall–Kier alpha value is 1.10. The van der Waals surface area contributed by atoms with Crippen LogP contribution >= 0.6 is 0 Å². The van der Waals surface area contributed by atoms with Crippen molar-refractivity contribution in [2.75, 3.05) is 0 Å². The van der Waals surface area contributed by atoms with Crippen LogP contribution in [0.2, 0.25) is 0 Å². The molecule has 0 fully saturated rings. The van der Waals surface area contributed by atoms with Gasteiger partial charge in [-0.05, 0) is 0 Å². The van der Waals surface area contributed by atoms with Gasteiger partial charge in [-0.2, -0.15) is 19.8 Å². The molecule has 0 spiro atoms. The minimum absolute atomic E-state index is 0. The van der Waals surface area contributed by atoms with Gasteiger partial charge in [-0.1, -0.05) is 0 Å². The van der Waals surface area contributed by atoms with Crippen LogP contribution in [0.5, 0.6) is 0 Å². The van der Waals surface area contributed by atoms with Gasteiger partial charge in [0, 0.05) is 32.7 Å². The van der Waals surface area contributed by atoms with Crippen molar-refractivity contribution in [1.29, 1.82) is 0 Å². The smallest absolute Gasteiger partial charge is 0 e. The van der Waals surface area contributed by atoms with Crippen LogP contribution in [0.3, 0.4) is 0 Å². The third kappa shape index (κ3) is 11.0. The van der Waals surface area contributed by atoms with E-state index in [-0.39, 0.29) is 32.7 Å². The van der Waals surface area contributed by atoms with Crippen molar-refractivity contribution in [2.24, 2.45) is 0 Å². The zero-order chi connectivity index (χ0) is 4.83. The molecule has 0 N–H and O–H groups in total. The van der Waals surface area contributed by atoms with E-state index in [1.165, 1.54) is 12.8 Å². The van der Waals surface area contributed by atoms with E-state index in [0.29, 0.717) is 0 Å². The first-order valence-corrected chi connectivity index (χ1v) is 2.49. The molecule has 0 aliphatic carbocycles. The van der Waals surface area contributed by atoms with E-state index in [1.807, 2.05) is 0 Å². The molecule has 0 aliphatic rings. The Labute approximate surface area is 71.9 Å². The van der Waals surface area contributed by atoms with Crippen molar-refractivity contribution in [2.45, 2.75) is 26.2 Å². The second kappa shape index (κ2) is 10.2. The third-order valence-electron chi connectivity index (χ3n) is 0.743. The van der Waals surface area contributed by atoms with E-state index in [2.05, 4.69) is 20.3 Å². The van der Waals surface area contributed by atoms with Gasteiger partial charge in [-0.3, -0.25) is 0 Å². The van der Waals surface area contributed by atoms with Crippen molar-refractivity contribution in [3.8, 4) is 0 Å². The Morgan fingerprint density at radius 2 is 2.14 bits per heavy atom. The summed E-state index contributed by atoms with van der Waals surface area (Å²) in [4.78, 5) is 0. The summed E-state index contributed by atoms with van der Waals surface area (Å²) < 4.78 is 0. The average molecular weight is 173 g/mol. The normalized spacial score (nSPS) is 7.71. The molecule has 0 saturated carbocycles. The summed E-state index contributed by atoms with van der Waals surface area (Å²) in [6.45, 7) is 5.78. The van der Waals surface area contributed by atoms with Crippen molar-refractivity contribution in [3.63, 3.8) is 0 Å². The Morgan fingerprint density at radius 3 is 2.29 bits per heavy atom. The third-order valence-corrected chi connectivity index (χ3v) is 0.743. The van der Waals surface area contributed by atoms with E-state index in [1.54, 1.807) is 0 Å². The number of rotatable bonds is 3. The molecule has 41 valence electrons. The van der Waals surface area contributed by atoms with Gasteiger partial charge in [0.1, 0.15) is 0 Å². The standard InChI is InChI=1S/C6H12.Y/c1-3-5-6-4-2;/h4H,1,3,5-6H2,2H3;/q-2;. The molecule has 0 aliphatic heterocycles. The van der Waals surface area contributed by atoms with Crippen molar-refractivity contribution in [3.05, 3.63) is 13.3 Å². The summed E-state index contributed by atoms with van der Waals surface area (Å²) in [6, 6.07) is 0. The van der Waals surface area contributed by atoms with Crippen molar-refractivity contribution in [1.82, 2.24) is 0 Å². The second-order valence-electron chi connectivity index (χ2n) is 1.40. The molecule has 0 amide bonds. The number of hydrogen-bond acceptors (Lipinski definition) is 0. The molecule has 0 aromatic rings. The fourth-order valence-corrected chi connectivity index (χ4v) is 0.348. The van der Waals surface area contributed by atoms with Crippen LogP contribution in [0.25, 0.3) is 0 Å². The predicted molar refractivity (Wildman–Crippen MR) is 29.2 cm³/mol. The molecule has 0 atom stereocenters. The predicted octanol–water partition coefficient (Wildman–Crippen LogP) is 2.21. The monoisotopic (exact) mass is 173 g/mol. The SMILES string of the molecule is [CH2-]CCC[CH-]C.[Y]. The zero-order valence-electron chi connectivity index (χ0n) is 4.98. The summed E-state index contributed by atoms with van der Waals surface area (Å²) >= 11 is 0. The minimum atomic E-state index is 0. The molecular formula is C6H12Y-2. The summed E-state index contributed by atoms with van der Waals surface area (Å²) in [5, 5.41) is 0. The molecular weight excluding hydrogens is 161 g/mol. The number of hydrogen-bond donors (Lipinski definition) is 0. The fourth-order valence-electron chi connectivity index (χ4n) is 0.348. The molecule has 0 bridgehead atoms. The van der Waals surface area contributed by atoms with Gasteiger partial charge in [0.05, 0.1) is 0 Å². The molecule has 0 unspecified atom stereocenters. The maximum absolute atomic E-state index is 3.70. The molecule has 0 aromatic carbocycles. The van der Waals surface area contributed by atoms with Crippen LogP contribution < -0.4 is 0 Å². The van der Waals surface area contributed by atoms with E-state index in [0.717, 1.165) is 6.42 Å². The summed E-state index contributed by atoms with van der Waals surface area (Å²) in [7, 11) is 0. The van der Waals surface area contributed by atoms with E-state index >= 15 is 0 Å². The van der Waals surface area contributed by atoms with Gasteiger partial charge in [0.25, 0.3) is 0 Å². The molecule has 0 nitrogen and oxygen atoms in total. The summed E-state index contributed by atoms with van der Waals surface area (Å²) in [5.74, 6) is 0. The fraction of sp³-hybridized carbons (Fsp3) is 0.667. The average Bonchev–Trinajstić information content (AvgIpc) is 1.61. The van der Waals surface area contributed by atoms with E-state index < -0.39 is 0 Å². The summed E-state index contributed by atoms with van der Waals surface area (Å²) in [5.41, 5.74) is 0. The van der Waals surface area contributed by atoms with E-state index in [9.17, 15) is 0 Å². The Balaban J connectivity index is 0. The van der Waals surface area contributed by atoms with Crippen LogP contribution in [0.15, 0.2) is 0 Å². The van der Waals surface area contributed by atoms with Gasteiger partial charge in [0.15, 0.2) is 0 Å². The van der Waals surface area contributed by atoms with Crippen LogP contribution in [-0.4, -0.2) is 0 Å². The quantitative estimate of drug-likeness (QED) is 0.453. The molecule has 0 heterocycles. The minimum Gasteiger partial charge on any atom is -0.343 e. The number of unbranched alkanes of at least 4 members (excludes halogenated alkanes) is 3. The van der Waals surface area contributed by atoms with Gasteiger partial charge in [0.2, 0.25) is 0 Å². The van der Waals surface area contributed by atoms with Crippen LogP contribution in [0, 0.1) is 13.3 Å².